The summed E-state index contributed by atoms with van der Waals surface area (Å²) in [7, 11) is 0. The van der Waals surface area contributed by atoms with Gasteiger partial charge in [-0.3, -0.25) is 14.4 Å². The van der Waals surface area contributed by atoms with Crippen LogP contribution in [0.25, 0.3) is 10.8 Å². The number of amides is 3. The van der Waals surface area contributed by atoms with Crippen LogP contribution in [-0.2, 0) is 14.4 Å². The molecule has 10 heteroatoms. The van der Waals surface area contributed by atoms with Gasteiger partial charge in [0.1, 0.15) is 11.8 Å². The molecule has 0 saturated carbocycles. The molecule has 2 bridgehead atoms. The summed E-state index contributed by atoms with van der Waals surface area (Å²) in [6, 6.07) is 28.4. The molecule has 46 heavy (non-hydrogen) atoms. The minimum atomic E-state index is -0.924. The molecule has 1 spiro atoms. The molecule has 7 rings (SSSR count). The average Bonchev–Trinajstić information content (AvgIpc) is 3.66. The Labute approximate surface area is 280 Å². The lowest BCUT2D eigenvalue weighted by Gasteiger charge is -2.37. The van der Waals surface area contributed by atoms with Crippen LogP contribution in [0, 0.1) is 11.8 Å². The van der Waals surface area contributed by atoms with Gasteiger partial charge in [0.15, 0.2) is 0 Å². The first-order valence-corrected chi connectivity index (χ1v) is 17.3. The minimum Gasteiger partial charge on any atom is -0.494 e. The maximum atomic E-state index is 14.7. The number of ether oxygens (including phenoxy) is 1. The largest absolute Gasteiger partial charge is 0.494 e. The number of likely N-dealkylation sites (tertiary alicyclic amines) is 1. The Balaban J connectivity index is 1.26. The monoisotopic (exact) mass is 699 g/mol. The van der Waals surface area contributed by atoms with Gasteiger partial charge in [-0.05, 0) is 66.1 Å². The maximum Gasteiger partial charge on any atom is 0.248 e. The fourth-order valence-corrected chi connectivity index (χ4v) is 11.1. The van der Waals surface area contributed by atoms with E-state index in [-0.39, 0.29) is 34.4 Å². The van der Waals surface area contributed by atoms with Crippen LogP contribution in [0.5, 0.6) is 5.75 Å². The smallest absolute Gasteiger partial charge is 0.248 e. The number of aliphatic hydroxyl groups is 1. The van der Waals surface area contributed by atoms with Gasteiger partial charge in [0.2, 0.25) is 17.7 Å². The number of benzene rings is 4. The number of thioether (sulfide) groups is 1. The number of anilines is 2. The summed E-state index contributed by atoms with van der Waals surface area (Å²) in [5, 5.41) is 18.7. The van der Waals surface area contributed by atoms with Crippen molar-refractivity contribution in [1.29, 1.82) is 0 Å². The second-order valence-electron chi connectivity index (χ2n) is 12.0. The van der Waals surface area contributed by atoms with Crippen molar-refractivity contribution in [2.45, 2.75) is 40.3 Å². The summed E-state index contributed by atoms with van der Waals surface area (Å²) in [5.41, 5.74) is 1.95. The Morgan fingerprint density at radius 2 is 1.63 bits per heavy atom. The van der Waals surface area contributed by atoms with Gasteiger partial charge in [-0.15, -0.1) is 11.8 Å². The van der Waals surface area contributed by atoms with E-state index >= 15 is 0 Å². The number of nitrogens with one attached hydrogen (secondary N) is 2. The molecule has 3 amide bonds. The number of carbonyl (C=O) groups excluding carboxylic acids is 3. The molecule has 3 unspecified atom stereocenters. The van der Waals surface area contributed by atoms with Crippen LogP contribution in [0.15, 0.2) is 97.1 Å². The van der Waals surface area contributed by atoms with Crippen molar-refractivity contribution in [2.75, 3.05) is 23.8 Å². The number of nitrogens with zero attached hydrogens (tertiary/aromatic N) is 1. The van der Waals surface area contributed by atoms with Crippen molar-refractivity contribution in [3.05, 3.63) is 103 Å². The molecule has 0 radical (unpaired) electrons. The number of carbonyl (C=O) groups is 3. The van der Waals surface area contributed by atoms with Gasteiger partial charge in [-0.2, -0.15) is 0 Å². The van der Waals surface area contributed by atoms with E-state index in [9.17, 15) is 19.5 Å². The number of halogens is 1. The van der Waals surface area contributed by atoms with Gasteiger partial charge in [0.25, 0.3) is 0 Å². The molecule has 8 nitrogen and oxygen atoms in total. The predicted molar refractivity (Wildman–Crippen MR) is 184 cm³/mol. The van der Waals surface area contributed by atoms with E-state index in [1.165, 1.54) is 0 Å². The molecule has 7 atom stereocenters. The number of hydrogen-bond acceptors (Lipinski definition) is 6. The van der Waals surface area contributed by atoms with E-state index < -0.39 is 28.7 Å². The molecule has 3 aliphatic heterocycles. The Morgan fingerprint density at radius 3 is 2.35 bits per heavy atom. The number of alkyl halides is 1. The van der Waals surface area contributed by atoms with Crippen molar-refractivity contribution in [3.63, 3.8) is 0 Å². The van der Waals surface area contributed by atoms with Gasteiger partial charge in [0.05, 0.1) is 35.8 Å². The highest BCUT2D eigenvalue weighted by Crippen LogP contribution is 2.68. The number of aliphatic hydroxyl groups excluding tert-OH is 1. The zero-order valence-electron chi connectivity index (χ0n) is 25.1. The molecule has 4 aromatic carbocycles. The zero-order valence-corrected chi connectivity index (χ0v) is 27.5. The standard InChI is InChI=1S/C36H34BrN3O5S/c1-2-45-26-16-14-24(15-17-26)38-33(42)29-30-35(44)40(28(20-41)22-9-4-3-5-10-22)32(36(30)19-27(37)31(29)46-36)34(43)39-25-13-12-21-8-6-7-11-23(21)18-25/h3-18,27-32,41H,2,19-20H2,1H3,(H,38,42)(H,39,43)/t27?,28-,29+,30+,31+,32?,36?/m1/s1. The van der Waals surface area contributed by atoms with Crippen LogP contribution in [0.3, 0.4) is 0 Å². The predicted octanol–water partition coefficient (Wildman–Crippen LogP) is 6.01. The summed E-state index contributed by atoms with van der Waals surface area (Å²) in [5.74, 6) is -1.61. The Kier molecular flexibility index (Phi) is 8.29. The Bertz CT molecular complexity index is 1790. The summed E-state index contributed by atoms with van der Waals surface area (Å²) < 4.78 is 4.66. The van der Waals surface area contributed by atoms with Gasteiger partial charge < -0.3 is 25.4 Å². The SMILES string of the molecule is CCOc1ccc(NC(=O)[C@H]2[C@H]3C(=O)N([C@H](CO)c4ccccc4)C(C(=O)Nc4ccc5ccccc5c4)C34CC(Br)[C@@H]2S4)cc1. The topological polar surface area (TPSA) is 108 Å². The van der Waals surface area contributed by atoms with Gasteiger partial charge in [0, 0.05) is 21.5 Å². The first kappa shape index (κ1) is 30.8. The van der Waals surface area contributed by atoms with Crippen LogP contribution in [-0.4, -0.2) is 61.8 Å². The van der Waals surface area contributed by atoms with E-state index in [0.29, 0.717) is 30.2 Å². The van der Waals surface area contributed by atoms with E-state index in [1.54, 1.807) is 40.9 Å². The van der Waals surface area contributed by atoms with Gasteiger partial charge >= 0.3 is 0 Å². The van der Waals surface area contributed by atoms with Crippen molar-refractivity contribution in [1.82, 2.24) is 4.90 Å². The third-order valence-corrected chi connectivity index (χ3v) is 12.6. The number of hydrogen-bond donors (Lipinski definition) is 3. The van der Waals surface area contributed by atoms with E-state index in [1.807, 2.05) is 79.7 Å². The van der Waals surface area contributed by atoms with Crippen LogP contribution in [0.1, 0.15) is 24.9 Å². The normalized spacial score (nSPS) is 27.0. The van der Waals surface area contributed by atoms with E-state index in [2.05, 4.69) is 26.6 Å². The molecule has 236 valence electrons. The fourth-order valence-electron chi connectivity index (χ4n) is 7.54. The molecule has 3 fully saturated rings. The minimum absolute atomic E-state index is 0.0853. The lowest BCUT2D eigenvalue weighted by molar-refractivity contribution is -0.141. The second kappa shape index (κ2) is 12.4. The second-order valence-corrected chi connectivity index (χ2v) is 14.7. The van der Waals surface area contributed by atoms with Crippen molar-refractivity contribution in [2.24, 2.45) is 11.8 Å². The third-order valence-electron chi connectivity index (χ3n) is 9.42. The zero-order chi connectivity index (χ0) is 32.0. The molecule has 3 aliphatic rings. The lowest BCUT2D eigenvalue weighted by Crippen LogP contribution is -2.53. The first-order valence-electron chi connectivity index (χ1n) is 15.5. The lowest BCUT2D eigenvalue weighted by atomic mass is 9.70. The molecule has 3 saturated heterocycles. The van der Waals surface area contributed by atoms with Crippen LogP contribution < -0.4 is 15.4 Å². The molecular weight excluding hydrogens is 666 g/mol. The highest BCUT2D eigenvalue weighted by molar-refractivity contribution is 9.09. The molecule has 4 aromatic rings. The maximum absolute atomic E-state index is 14.7. The highest BCUT2D eigenvalue weighted by atomic mass is 79.9. The van der Waals surface area contributed by atoms with Crippen molar-refractivity contribution < 1.29 is 24.2 Å². The highest BCUT2D eigenvalue weighted by Gasteiger charge is 2.76. The van der Waals surface area contributed by atoms with E-state index in [0.717, 1.165) is 16.3 Å². The Hall–Kier alpha value is -3.86. The van der Waals surface area contributed by atoms with Crippen molar-refractivity contribution in [3.8, 4) is 5.75 Å². The van der Waals surface area contributed by atoms with Gasteiger partial charge in [-0.25, -0.2) is 0 Å². The summed E-state index contributed by atoms with van der Waals surface area (Å²) in [6.45, 7) is 2.08. The summed E-state index contributed by atoms with van der Waals surface area (Å²) in [6.07, 6.45) is 0.533. The average molecular weight is 701 g/mol. The number of rotatable bonds is 9. The first-order chi connectivity index (χ1) is 22.3. The van der Waals surface area contributed by atoms with Crippen LogP contribution >= 0.6 is 27.7 Å². The fraction of sp³-hybridized carbons (Fsp3) is 0.306. The molecule has 0 aliphatic carbocycles. The molecular formula is C36H34BrN3O5S. The van der Waals surface area contributed by atoms with Gasteiger partial charge in [-0.1, -0.05) is 76.6 Å². The van der Waals surface area contributed by atoms with E-state index in [4.69, 9.17) is 4.74 Å². The van der Waals surface area contributed by atoms with Crippen molar-refractivity contribution >= 4 is 67.6 Å². The summed E-state index contributed by atoms with van der Waals surface area (Å²) >= 11 is 5.39. The molecule has 3 N–H and O–H groups in total. The van der Waals surface area contributed by atoms with Crippen LogP contribution in [0.4, 0.5) is 11.4 Å². The summed E-state index contributed by atoms with van der Waals surface area (Å²) in [4.78, 5) is 44.7. The third kappa shape index (κ3) is 5.16. The quantitative estimate of drug-likeness (QED) is 0.185. The molecule has 3 heterocycles. The van der Waals surface area contributed by atoms with Crippen LogP contribution in [0.2, 0.25) is 0 Å². The molecule has 0 aromatic heterocycles. The number of fused-ring (bicyclic) bond motifs is 2. The Morgan fingerprint density at radius 1 is 0.957 bits per heavy atom.